The molecule has 1 unspecified atom stereocenters. The van der Waals surface area contributed by atoms with Gasteiger partial charge in [-0.25, -0.2) is 4.79 Å². The number of nitrogens with one attached hydrogen (secondary N) is 2. The average Bonchev–Trinajstić information content (AvgIpc) is 2.94. The van der Waals surface area contributed by atoms with Gasteiger partial charge in [0.1, 0.15) is 5.54 Å². The van der Waals surface area contributed by atoms with Crippen LogP contribution in [0.4, 0.5) is 10.5 Å². The number of rotatable bonds is 1. The van der Waals surface area contributed by atoms with Crippen molar-refractivity contribution in [2.45, 2.75) is 12.0 Å². The minimum Gasteiger partial charge on any atom is -0.398 e. The van der Waals surface area contributed by atoms with Crippen molar-refractivity contribution in [2.75, 3.05) is 18.8 Å². The van der Waals surface area contributed by atoms with Crippen LogP contribution >= 0.6 is 11.6 Å². The zero-order valence-corrected chi connectivity index (χ0v) is 11.7. The summed E-state index contributed by atoms with van der Waals surface area (Å²) in [5, 5.41) is 5.05. The first-order chi connectivity index (χ1) is 9.93. The Morgan fingerprint density at radius 1 is 1.38 bits per heavy atom. The number of carbonyl (C=O) groups is 3. The summed E-state index contributed by atoms with van der Waals surface area (Å²) in [5.74, 6) is -0.751. The van der Waals surface area contributed by atoms with E-state index in [0.717, 1.165) is 0 Å². The van der Waals surface area contributed by atoms with Crippen LogP contribution in [-0.4, -0.2) is 41.4 Å². The van der Waals surface area contributed by atoms with Crippen LogP contribution < -0.4 is 16.4 Å². The monoisotopic (exact) mass is 308 g/mol. The van der Waals surface area contributed by atoms with Crippen molar-refractivity contribution in [3.63, 3.8) is 0 Å². The highest BCUT2D eigenvalue weighted by Gasteiger charge is 2.51. The molecule has 0 radical (unpaired) electrons. The van der Waals surface area contributed by atoms with Crippen LogP contribution in [-0.2, 0) is 4.79 Å². The van der Waals surface area contributed by atoms with Gasteiger partial charge in [-0.05, 0) is 18.6 Å². The van der Waals surface area contributed by atoms with Gasteiger partial charge in [-0.3, -0.25) is 14.9 Å². The second kappa shape index (κ2) is 4.63. The molecule has 2 saturated heterocycles. The lowest BCUT2D eigenvalue weighted by Crippen LogP contribution is -2.49. The maximum Gasteiger partial charge on any atom is 0.322 e. The Bertz CT molecular complexity index is 643. The molecule has 0 aromatic heterocycles. The van der Waals surface area contributed by atoms with Crippen LogP contribution in [0.25, 0.3) is 0 Å². The van der Waals surface area contributed by atoms with Crippen LogP contribution in [0.5, 0.6) is 0 Å². The molecule has 0 aliphatic carbocycles. The average molecular weight is 309 g/mol. The number of hydrogen-bond donors (Lipinski definition) is 3. The molecule has 1 spiro atoms. The SMILES string of the molecule is Nc1cccc(Cl)c1C(=O)N1CCC2(C1)NC(=O)NC2=O. The molecule has 2 fully saturated rings. The summed E-state index contributed by atoms with van der Waals surface area (Å²) in [4.78, 5) is 37.2. The van der Waals surface area contributed by atoms with E-state index in [0.29, 0.717) is 13.0 Å². The lowest BCUT2D eigenvalue weighted by Gasteiger charge is -2.22. The molecule has 2 heterocycles. The van der Waals surface area contributed by atoms with Gasteiger partial charge < -0.3 is 16.0 Å². The van der Waals surface area contributed by atoms with Crippen molar-refractivity contribution in [3.8, 4) is 0 Å². The van der Waals surface area contributed by atoms with Crippen LogP contribution in [0.2, 0.25) is 5.02 Å². The van der Waals surface area contributed by atoms with Gasteiger partial charge in [0.2, 0.25) is 0 Å². The van der Waals surface area contributed by atoms with E-state index < -0.39 is 17.5 Å². The Balaban J connectivity index is 1.85. The Labute approximate surface area is 125 Å². The number of anilines is 1. The third-order valence-electron chi connectivity index (χ3n) is 3.83. The number of benzene rings is 1. The summed E-state index contributed by atoms with van der Waals surface area (Å²) >= 11 is 6.03. The summed E-state index contributed by atoms with van der Waals surface area (Å²) < 4.78 is 0. The van der Waals surface area contributed by atoms with E-state index in [-0.39, 0.29) is 28.7 Å². The fourth-order valence-electron chi connectivity index (χ4n) is 2.72. The van der Waals surface area contributed by atoms with Gasteiger partial charge in [-0.15, -0.1) is 0 Å². The van der Waals surface area contributed by atoms with E-state index in [1.807, 2.05) is 0 Å². The maximum absolute atomic E-state index is 12.5. The second-order valence-electron chi connectivity index (χ2n) is 5.17. The number of amides is 4. The summed E-state index contributed by atoms with van der Waals surface area (Å²) in [6, 6.07) is 4.30. The highest BCUT2D eigenvalue weighted by Crippen LogP contribution is 2.29. The number of imide groups is 1. The van der Waals surface area contributed by atoms with Gasteiger partial charge in [-0.1, -0.05) is 17.7 Å². The number of urea groups is 1. The highest BCUT2D eigenvalue weighted by molar-refractivity contribution is 6.34. The minimum atomic E-state index is -1.04. The summed E-state index contributed by atoms with van der Waals surface area (Å²) in [7, 11) is 0. The van der Waals surface area contributed by atoms with Gasteiger partial charge in [0.05, 0.1) is 17.1 Å². The van der Waals surface area contributed by atoms with Gasteiger partial charge in [0.25, 0.3) is 11.8 Å². The molecule has 3 rings (SSSR count). The molecule has 1 aromatic carbocycles. The van der Waals surface area contributed by atoms with Gasteiger partial charge in [-0.2, -0.15) is 0 Å². The van der Waals surface area contributed by atoms with E-state index in [1.165, 1.54) is 4.90 Å². The molecule has 8 heteroatoms. The summed E-state index contributed by atoms with van der Waals surface area (Å²) in [5.41, 5.74) is 5.27. The zero-order valence-electron chi connectivity index (χ0n) is 11.0. The van der Waals surface area contributed by atoms with Crippen molar-refractivity contribution < 1.29 is 14.4 Å². The predicted octanol–water partition coefficient (Wildman–Crippen LogP) is 0.346. The van der Waals surface area contributed by atoms with Crippen molar-refractivity contribution >= 4 is 35.1 Å². The number of carbonyl (C=O) groups excluding carboxylic acids is 3. The molecule has 2 aliphatic heterocycles. The van der Waals surface area contributed by atoms with Crippen LogP contribution in [0.1, 0.15) is 16.8 Å². The first-order valence-corrected chi connectivity index (χ1v) is 6.78. The molecule has 1 atom stereocenters. The number of likely N-dealkylation sites (tertiary alicyclic amines) is 1. The standard InChI is InChI=1S/C13H13ClN4O3/c14-7-2-1-3-8(15)9(7)10(19)18-5-4-13(6-18)11(20)16-12(21)17-13/h1-3H,4-6,15H2,(H2,16,17,20,21). The molecular formula is C13H13ClN4O3. The smallest absolute Gasteiger partial charge is 0.322 e. The van der Waals surface area contributed by atoms with Gasteiger partial charge in [0, 0.05) is 12.2 Å². The number of nitrogen functional groups attached to an aromatic ring is 1. The maximum atomic E-state index is 12.5. The molecule has 21 heavy (non-hydrogen) atoms. The van der Waals surface area contributed by atoms with Crippen LogP contribution in [0, 0.1) is 0 Å². The second-order valence-corrected chi connectivity index (χ2v) is 5.58. The van der Waals surface area contributed by atoms with Crippen molar-refractivity contribution in [2.24, 2.45) is 0 Å². The number of nitrogens with zero attached hydrogens (tertiary/aromatic N) is 1. The zero-order chi connectivity index (χ0) is 15.2. The Morgan fingerprint density at radius 3 is 2.76 bits per heavy atom. The molecule has 7 nitrogen and oxygen atoms in total. The minimum absolute atomic E-state index is 0.105. The number of nitrogens with two attached hydrogens (primary N) is 1. The molecular weight excluding hydrogens is 296 g/mol. The normalized spacial score (nSPS) is 24.3. The van der Waals surface area contributed by atoms with E-state index in [2.05, 4.69) is 10.6 Å². The van der Waals surface area contributed by atoms with E-state index in [9.17, 15) is 14.4 Å². The van der Waals surface area contributed by atoms with Crippen molar-refractivity contribution in [1.29, 1.82) is 0 Å². The molecule has 4 N–H and O–H groups in total. The third-order valence-corrected chi connectivity index (χ3v) is 4.15. The van der Waals surface area contributed by atoms with Gasteiger partial charge in [0.15, 0.2) is 0 Å². The highest BCUT2D eigenvalue weighted by atomic mass is 35.5. The topological polar surface area (TPSA) is 105 Å². The largest absolute Gasteiger partial charge is 0.398 e. The van der Waals surface area contributed by atoms with E-state index >= 15 is 0 Å². The lowest BCUT2D eigenvalue weighted by molar-refractivity contribution is -0.123. The molecule has 0 bridgehead atoms. The summed E-state index contributed by atoms with van der Waals surface area (Å²) in [6.07, 6.45) is 0.362. The fraction of sp³-hybridized carbons (Fsp3) is 0.308. The molecule has 4 amide bonds. The lowest BCUT2D eigenvalue weighted by atomic mass is 9.99. The van der Waals surface area contributed by atoms with Crippen LogP contribution in [0.3, 0.4) is 0 Å². The van der Waals surface area contributed by atoms with E-state index in [4.69, 9.17) is 17.3 Å². The predicted molar refractivity (Wildman–Crippen MR) is 75.8 cm³/mol. The fourth-order valence-corrected chi connectivity index (χ4v) is 2.99. The third kappa shape index (κ3) is 2.09. The first kappa shape index (κ1) is 13.7. The first-order valence-electron chi connectivity index (χ1n) is 6.40. The molecule has 1 aromatic rings. The quantitative estimate of drug-likeness (QED) is 0.514. The molecule has 110 valence electrons. The number of halogens is 1. The van der Waals surface area contributed by atoms with Crippen molar-refractivity contribution in [3.05, 3.63) is 28.8 Å². The Morgan fingerprint density at radius 2 is 2.14 bits per heavy atom. The molecule has 2 aliphatic rings. The summed E-state index contributed by atoms with van der Waals surface area (Å²) in [6.45, 7) is 0.450. The Hall–Kier alpha value is -2.28. The van der Waals surface area contributed by atoms with Crippen molar-refractivity contribution in [1.82, 2.24) is 15.5 Å². The van der Waals surface area contributed by atoms with Gasteiger partial charge >= 0.3 is 6.03 Å². The number of hydrogen-bond acceptors (Lipinski definition) is 4. The van der Waals surface area contributed by atoms with Crippen LogP contribution in [0.15, 0.2) is 18.2 Å². The Kier molecular flexibility index (Phi) is 3.02. The van der Waals surface area contributed by atoms with E-state index in [1.54, 1.807) is 18.2 Å². The molecule has 0 saturated carbocycles.